The highest BCUT2D eigenvalue weighted by Crippen LogP contribution is 2.12. The summed E-state index contributed by atoms with van der Waals surface area (Å²) in [5, 5.41) is 0. The normalized spacial score (nSPS) is 11.2. The van der Waals surface area contributed by atoms with Gasteiger partial charge >= 0.3 is 0 Å². The van der Waals surface area contributed by atoms with Gasteiger partial charge in [-0.25, -0.2) is 0 Å². The predicted octanol–water partition coefficient (Wildman–Crippen LogP) is 6.61. The van der Waals surface area contributed by atoms with Gasteiger partial charge in [-0.15, -0.1) is 0 Å². The molecule has 0 rings (SSSR count). The molecule has 20 heavy (non-hydrogen) atoms. The summed E-state index contributed by atoms with van der Waals surface area (Å²) in [4.78, 5) is 10.1. The summed E-state index contributed by atoms with van der Waals surface area (Å²) in [6.45, 7) is 2.20. The van der Waals surface area contributed by atoms with Crippen molar-refractivity contribution in [2.75, 3.05) is 0 Å². The van der Waals surface area contributed by atoms with Gasteiger partial charge in [0.05, 0.1) is 0 Å². The van der Waals surface area contributed by atoms with Gasteiger partial charge in [0, 0.05) is 6.42 Å². The van der Waals surface area contributed by atoms with Crippen LogP contribution in [0.3, 0.4) is 0 Å². The highest BCUT2D eigenvalue weighted by molar-refractivity contribution is 5.48. The SMILES string of the molecule is CC/C=C\CCCCCCCCCCCCCCC=O. The number of rotatable bonds is 16. The Bertz CT molecular complexity index is 208. The topological polar surface area (TPSA) is 17.1 Å². The molecule has 0 saturated carbocycles. The van der Waals surface area contributed by atoms with Crippen molar-refractivity contribution in [3.05, 3.63) is 12.2 Å². The Balaban J connectivity index is 2.95. The molecule has 0 atom stereocenters. The highest BCUT2D eigenvalue weighted by atomic mass is 16.1. The number of carbonyl (C=O) groups is 1. The van der Waals surface area contributed by atoms with Crippen LogP contribution in [0.25, 0.3) is 0 Å². The molecule has 0 aromatic rings. The monoisotopic (exact) mass is 280 g/mol. The summed E-state index contributed by atoms with van der Waals surface area (Å²) < 4.78 is 0. The van der Waals surface area contributed by atoms with Crippen molar-refractivity contribution in [2.45, 2.75) is 103 Å². The van der Waals surface area contributed by atoms with Crippen LogP contribution in [0.4, 0.5) is 0 Å². The number of hydrogen-bond donors (Lipinski definition) is 0. The zero-order valence-corrected chi connectivity index (χ0v) is 13.7. The smallest absolute Gasteiger partial charge is 0.119 e. The number of aldehydes is 1. The van der Waals surface area contributed by atoms with E-state index in [0.717, 1.165) is 19.1 Å². The molecule has 0 bridgehead atoms. The minimum Gasteiger partial charge on any atom is -0.303 e. The molecule has 1 nitrogen and oxygen atoms in total. The summed E-state index contributed by atoms with van der Waals surface area (Å²) in [5.74, 6) is 0. The van der Waals surface area contributed by atoms with Crippen molar-refractivity contribution in [2.24, 2.45) is 0 Å². The molecule has 0 aromatic carbocycles. The van der Waals surface area contributed by atoms with E-state index in [1.54, 1.807) is 0 Å². The van der Waals surface area contributed by atoms with Crippen LogP contribution in [-0.4, -0.2) is 6.29 Å². The maximum Gasteiger partial charge on any atom is 0.119 e. The van der Waals surface area contributed by atoms with Crippen molar-refractivity contribution < 1.29 is 4.79 Å². The number of allylic oxidation sites excluding steroid dienone is 2. The first kappa shape index (κ1) is 19.4. The van der Waals surface area contributed by atoms with Gasteiger partial charge < -0.3 is 4.79 Å². The maximum atomic E-state index is 10.1. The van der Waals surface area contributed by atoms with E-state index in [4.69, 9.17) is 0 Å². The zero-order valence-electron chi connectivity index (χ0n) is 13.7. The number of unbranched alkanes of at least 4 members (excludes halogenated alkanes) is 13. The summed E-state index contributed by atoms with van der Waals surface area (Å²) in [6, 6.07) is 0. The van der Waals surface area contributed by atoms with E-state index in [-0.39, 0.29) is 0 Å². The Morgan fingerprint density at radius 2 is 0.950 bits per heavy atom. The van der Waals surface area contributed by atoms with Crippen LogP contribution in [0.1, 0.15) is 103 Å². The molecule has 0 spiro atoms. The van der Waals surface area contributed by atoms with Crippen LogP contribution in [0.2, 0.25) is 0 Å². The van der Waals surface area contributed by atoms with Gasteiger partial charge in [-0.3, -0.25) is 0 Å². The minimum atomic E-state index is 0.758. The van der Waals surface area contributed by atoms with Crippen LogP contribution in [0.5, 0.6) is 0 Å². The van der Waals surface area contributed by atoms with Gasteiger partial charge in [-0.2, -0.15) is 0 Å². The lowest BCUT2D eigenvalue weighted by molar-refractivity contribution is -0.107. The van der Waals surface area contributed by atoms with E-state index in [9.17, 15) is 4.79 Å². The van der Waals surface area contributed by atoms with Gasteiger partial charge in [-0.05, 0) is 25.7 Å². The predicted molar refractivity (Wildman–Crippen MR) is 90.1 cm³/mol. The first-order valence-corrected chi connectivity index (χ1v) is 9.00. The third kappa shape index (κ3) is 17.4. The molecule has 0 aliphatic heterocycles. The Morgan fingerprint density at radius 1 is 0.550 bits per heavy atom. The molecule has 0 N–H and O–H groups in total. The molecule has 0 amide bonds. The van der Waals surface area contributed by atoms with Gasteiger partial charge in [0.1, 0.15) is 6.29 Å². The van der Waals surface area contributed by atoms with Crippen molar-refractivity contribution in [1.29, 1.82) is 0 Å². The molecule has 0 unspecified atom stereocenters. The standard InChI is InChI=1S/C19H36O/c1-2-3-4-5-6-7-8-9-10-11-12-13-14-15-16-17-18-19-20/h3-4,19H,2,5-18H2,1H3/b4-3-. The van der Waals surface area contributed by atoms with E-state index in [0.29, 0.717) is 0 Å². The van der Waals surface area contributed by atoms with Crippen LogP contribution in [-0.2, 0) is 4.79 Å². The second-order valence-electron chi connectivity index (χ2n) is 5.87. The first-order valence-electron chi connectivity index (χ1n) is 9.00. The zero-order chi connectivity index (χ0) is 14.7. The summed E-state index contributed by atoms with van der Waals surface area (Å²) in [7, 11) is 0. The van der Waals surface area contributed by atoms with Crippen molar-refractivity contribution in [3.63, 3.8) is 0 Å². The van der Waals surface area contributed by atoms with E-state index in [1.165, 1.54) is 83.5 Å². The van der Waals surface area contributed by atoms with Crippen LogP contribution in [0, 0.1) is 0 Å². The van der Waals surface area contributed by atoms with Gasteiger partial charge in [0.25, 0.3) is 0 Å². The molecule has 0 saturated heterocycles. The largest absolute Gasteiger partial charge is 0.303 e. The van der Waals surface area contributed by atoms with E-state index in [2.05, 4.69) is 19.1 Å². The summed E-state index contributed by atoms with van der Waals surface area (Å²) in [5.41, 5.74) is 0. The molecule has 0 aliphatic rings. The fourth-order valence-electron chi connectivity index (χ4n) is 2.54. The van der Waals surface area contributed by atoms with E-state index in [1.807, 2.05) is 0 Å². The van der Waals surface area contributed by atoms with Crippen molar-refractivity contribution in [3.8, 4) is 0 Å². The molecular formula is C19H36O. The lowest BCUT2D eigenvalue weighted by Gasteiger charge is -2.02. The first-order chi connectivity index (χ1) is 9.91. The van der Waals surface area contributed by atoms with Crippen LogP contribution in [0.15, 0.2) is 12.2 Å². The quantitative estimate of drug-likeness (QED) is 0.176. The molecule has 0 heterocycles. The second kappa shape index (κ2) is 18.4. The van der Waals surface area contributed by atoms with Gasteiger partial charge in [0.15, 0.2) is 0 Å². The molecule has 0 radical (unpaired) electrons. The number of carbonyl (C=O) groups excluding carboxylic acids is 1. The van der Waals surface area contributed by atoms with E-state index >= 15 is 0 Å². The third-order valence-corrected chi connectivity index (χ3v) is 3.85. The molecule has 0 aromatic heterocycles. The Kier molecular flexibility index (Phi) is 17.9. The van der Waals surface area contributed by atoms with Gasteiger partial charge in [0.2, 0.25) is 0 Å². The van der Waals surface area contributed by atoms with Gasteiger partial charge in [-0.1, -0.05) is 83.3 Å². The second-order valence-corrected chi connectivity index (χ2v) is 5.87. The maximum absolute atomic E-state index is 10.1. The summed E-state index contributed by atoms with van der Waals surface area (Å²) in [6.07, 6.45) is 25.2. The fourth-order valence-corrected chi connectivity index (χ4v) is 2.54. The molecule has 0 fully saturated rings. The van der Waals surface area contributed by atoms with Crippen molar-refractivity contribution >= 4 is 6.29 Å². The lowest BCUT2D eigenvalue weighted by atomic mass is 10.0. The average Bonchev–Trinajstić information content (AvgIpc) is 2.47. The summed E-state index contributed by atoms with van der Waals surface area (Å²) >= 11 is 0. The van der Waals surface area contributed by atoms with Crippen molar-refractivity contribution in [1.82, 2.24) is 0 Å². The third-order valence-electron chi connectivity index (χ3n) is 3.85. The molecule has 1 heteroatoms. The number of hydrogen-bond acceptors (Lipinski definition) is 1. The van der Waals surface area contributed by atoms with E-state index < -0.39 is 0 Å². The Morgan fingerprint density at radius 3 is 1.35 bits per heavy atom. The molecular weight excluding hydrogens is 244 g/mol. The Labute approximate surface area is 127 Å². The molecule has 0 aliphatic carbocycles. The average molecular weight is 280 g/mol. The minimum absolute atomic E-state index is 0.758. The van der Waals surface area contributed by atoms with Crippen LogP contribution >= 0.6 is 0 Å². The fraction of sp³-hybridized carbons (Fsp3) is 0.842. The lowest BCUT2D eigenvalue weighted by Crippen LogP contribution is -1.83. The van der Waals surface area contributed by atoms with Crippen LogP contribution < -0.4 is 0 Å². The molecule has 118 valence electrons. The Hall–Kier alpha value is -0.590. The highest BCUT2D eigenvalue weighted by Gasteiger charge is 1.93.